The van der Waals surface area contributed by atoms with E-state index >= 15 is 0 Å². The summed E-state index contributed by atoms with van der Waals surface area (Å²) in [6.07, 6.45) is 6.37. The first-order valence-electron chi connectivity index (χ1n) is 6.08. The Morgan fingerprint density at radius 2 is 2.11 bits per heavy atom. The van der Waals surface area contributed by atoms with Crippen LogP contribution < -0.4 is 11.1 Å². The van der Waals surface area contributed by atoms with Crippen LogP contribution in [0.15, 0.2) is 36.8 Å². The summed E-state index contributed by atoms with van der Waals surface area (Å²) in [6, 6.07) is 6.00. The molecule has 2 aromatic heterocycles. The van der Waals surface area contributed by atoms with Crippen molar-refractivity contribution in [1.82, 2.24) is 15.3 Å². The van der Waals surface area contributed by atoms with Crippen molar-refractivity contribution in [2.24, 2.45) is 0 Å². The van der Waals surface area contributed by atoms with Crippen LogP contribution in [0.3, 0.4) is 0 Å². The molecule has 1 atom stereocenters. The molecule has 1 unspecified atom stereocenters. The summed E-state index contributed by atoms with van der Waals surface area (Å²) in [5, 5.41) is 3.30. The molecule has 3 N–H and O–H groups in total. The summed E-state index contributed by atoms with van der Waals surface area (Å²) >= 11 is 0. The highest BCUT2D eigenvalue weighted by atomic mass is 14.9. The van der Waals surface area contributed by atoms with Gasteiger partial charge in [0, 0.05) is 24.2 Å². The largest absolute Gasteiger partial charge is 0.383 e. The summed E-state index contributed by atoms with van der Waals surface area (Å²) < 4.78 is 0. The first-order valence-corrected chi connectivity index (χ1v) is 6.08. The molecular formula is C14H18N4. The van der Waals surface area contributed by atoms with Gasteiger partial charge in [0.15, 0.2) is 0 Å². The van der Waals surface area contributed by atoms with Crippen molar-refractivity contribution in [2.75, 3.05) is 12.8 Å². The Labute approximate surface area is 107 Å². The first-order chi connectivity index (χ1) is 8.77. The molecule has 0 amide bonds. The Kier molecular flexibility index (Phi) is 3.89. The van der Waals surface area contributed by atoms with Crippen molar-refractivity contribution in [3.63, 3.8) is 0 Å². The number of aryl methyl sites for hydroxylation is 1. The SMILES string of the molecule is CCc1cnccc1C(NC)c1cccnc1N. The minimum absolute atomic E-state index is 0.0525. The smallest absolute Gasteiger partial charge is 0.128 e. The lowest BCUT2D eigenvalue weighted by atomic mass is 9.95. The fraction of sp³-hybridized carbons (Fsp3) is 0.286. The minimum Gasteiger partial charge on any atom is -0.383 e. The molecular weight excluding hydrogens is 224 g/mol. The number of nitrogens with zero attached hydrogens (tertiary/aromatic N) is 2. The average molecular weight is 242 g/mol. The average Bonchev–Trinajstić information content (AvgIpc) is 2.42. The second-order valence-electron chi connectivity index (χ2n) is 4.13. The summed E-state index contributed by atoms with van der Waals surface area (Å²) in [5.74, 6) is 0.565. The monoisotopic (exact) mass is 242 g/mol. The van der Waals surface area contributed by atoms with Crippen LogP contribution in [0.2, 0.25) is 0 Å². The number of anilines is 1. The van der Waals surface area contributed by atoms with Crippen molar-refractivity contribution < 1.29 is 0 Å². The molecule has 2 aromatic rings. The molecule has 0 saturated heterocycles. The van der Waals surface area contributed by atoms with Gasteiger partial charge in [-0.25, -0.2) is 4.98 Å². The van der Waals surface area contributed by atoms with Crippen molar-refractivity contribution in [3.8, 4) is 0 Å². The van der Waals surface area contributed by atoms with Crippen molar-refractivity contribution in [1.29, 1.82) is 0 Å². The highest BCUT2D eigenvalue weighted by Gasteiger charge is 2.17. The van der Waals surface area contributed by atoms with Crippen LogP contribution in [-0.4, -0.2) is 17.0 Å². The number of rotatable bonds is 4. The third-order valence-electron chi connectivity index (χ3n) is 3.10. The Bertz CT molecular complexity index is 525. The molecule has 0 radical (unpaired) electrons. The third kappa shape index (κ3) is 2.33. The second kappa shape index (κ2) is 5.60. The topological polar surface area (TPSA) is 63.8 Å². The van der Waals surface area contributed by atoms with E-state index in [1.54, 1.807) is 6.20 Å². The van der Waals surface area contributed by atoms with E-state index in [1.165, 1.54) is 11.1 Å². The number of hydrogen-bond donors (Lipinski definition) is 2. The molecule has 0 spiro atoms. The van der Waals surface area contributed by atoms with Crippen molar-refractivity contribution >= 4 is 5.82 Å². The Balaban J connectivity index is 2.49. The summed E-state index contributed by atoms with van der Waals surface area (Å²) in [6.45, 7) is 2.12. The fourth-order valence-electron chi connectivity index (χ4n) is 2.17. The fourth-order valence-corrected chi connectivity index (χ4v) is 2.17. The van der Waals surface area contributed by atoms with E-state index in [1.807, 2.05) is 37.6 Å². The maximum Gasteiger partial charge on any atom is 0.128 e. The minimum atomic E-state index is 0.0525. The van der Waals surface area contributed by atoms with Gasteiger partial charge in [-0.3, -0.25) is 4.98 Å². The van der Waals surface area contributed by atoms with Gasteiger partial charge >= 0.3 is 0 Å². The van der Waals surface area contributed by atoms with E-state index in [0.29, 0.717) is 5.82 Å². The number of aromatic nitrogens is 2. The number of nitrogens with two attached hydrogens (primary N) is 1. The summed E-state index contributed by atoms with van der Waals surface area (Å²) in [4.78, 5) is 8.33. The van der Waals surface area contributed by atoms with E-state index < -0.39 is 0 Å². The third-order valence-corrected chi connectivity index (χ3v) is 3.10. The summed E-state index contributed by atoms with van der Waals surface area (Å²) in [5.41, 5.74) is 9.39. The van der Waals surface area contributed by atoms with Crippen LogP contribution in [-0.2, 0) is 6.42 Å². The summed E-state index contributed by atoms with van der Waals surface area (Å²) in [7, 11) is 1.93. The van der Waals surface area contributed by atoms with Crippen LogP contribution in [0.1, 0.15) is 29.7 Å². The van der Waals surface area contributed by atoms with Crippen LogP contribution in [0, 0.1) is 0 Å². The molecule has 94 valence electrons. The molecule has 4 nitrogen and oxygen atoms in total. The predicted octanol–water partition coefficient (Wildman–Crippen LogP) is 1.93. The van der Waals surface area contributed by atoms with Crippen LogP contribution in [0.5, 0.6) is 0 Å². The number of pyridine rings is 2. The highest BCUT2D eigenvalue weighted by molar-refractivity contribution is 5.46. The lowest BCUT2D eigenvalue weighted by Gasteiger charge is -2.20. The van der Waals surface area contributed by atoms with E-state index in [2.05, 4.69) is 22.2 Å². The quantitative estimate of drug-likeness (QED) is 0.860. The molecule has 0 aliphatic rings. The van der Waals surface area contributed by atoms with Crippen LogP contribution in [0.4, 0.5) is 5.82 Å². The van der Waals surface area contributed by atoms with Crippen LogP contribution in [0.25, 0.3) is 0 Å². The maximum atomic E-state index is 5.96. The van der Waals surface area contributed by atoms with Crippen LogP contribution >= 0.6 is 0 Å². The molecule has 18 heavy (non-hydrogen) atoms. The Morgan fingerprint density at radius 3 is 2.78 bits per heavy atom. The van der Waals surface area contributed by atoms with Crippen molar-refractivity contribution in [2.45, 2.75) is 19.4 Å². The standard InChI is InChI=1S/C14H18N4/c1-3-10-9-17-8-6-11(10)13(16-2)12-5-4-7-18-14(12)15/h4-9,13,16H,3H2,1-2H3,(H2,15,18). The lowest BCUT2D eigenvalue weighted by Crippen LogP contribution is -2.21. The molecule has 0 aliphatic heterocycles. The molecule has 0 aromatic carbocycles. The maximum absolute atomic E-state index is 5.96. The van der Waals surface area contributed by atoms with E-state index in [-0.39, 0.29) is 6.04 Å². The van der Waals surface area contributed by atoms with Gasteiger partial charge in [-0.15, -0.1) is 0 Å². The van der Waals surface area contributed by atoms with Gasteiger partial charge in [-0.1, -0.05) is 13.0 Å². The Hall–Kier alpha value is -1.94. The first kappa shape index (κ1) is 12.5. The second-order valence-corrected chi connectivity index (χ2v) is 4.13. The molecule has 0 aliphatic carbocycles. The highest BCUT2D eigenvalue weighted by Crippen LogP contribution is 2.27. The molecule has 4 heteroatoms. The van der Waals surface area contributed by atoms with Gasteiger partial charge in [0.25, 0.3) is 0 Å². The molecule has 0 saturated carbocycles. The van der Waals surface area contributed by atoms with Gasteiger partial charge in [0.05, 0.1) is 6.04 Å². The molecule has 0 bridgehead atoms. The van der Waals surface area contributed by atoms with Gasteiger partial charge in [-0.2, -0.15) is 0 Å². The van der Waals surface area contributed by atoms with Gasteiger partial charge in [0.2, 0.25) is 0 Å². The van der Waals surface area contributed by atoms with Gasteiger partial charge < -0.3 is 11.1 Å². The number of nitrogen functional groups attached to an aromatic ring is 1. The van der Waals surface area contributed by atoms with E-state index in [9.17, 15) is 0 Å². The lowest BCUT2D eigenvalue weighted by molar-refractivity contribution is 0.682. The number of hydrogen-bond acceptors (Lipinski definition) is 4. The van der Waals surface area contributed by atoms with E-state index in [4.69, 9.17) is 5.73 Å². The molecule has 0 fully saturated rings. The normalized spacial score (nSPS) is 12.3. The van der Waals surface area contributed by atoms with E-state index in [0.717, 1.165) is 12.0 Å². The Morgan fingerprint density at radius 1 is 1.28 bits per heavy atom. The zero-order valence-electron chi connectivity index (χ0n) is 10.7. The molecule has 2 rings (SSSR count). The van der Waals surface area contributed by atoms with Gasteiger partial charge in [-0.05, 0) is 36.7 Å². The predicted molar refractivity (Wildman–Crippen MR) is 73.2 cm³/mol. The van der Waals surface area contributed by atoms with Crippen molar-refractivity contribution in [3.05, 3.63) is 53.5 Å². The van der Waals surface area contributed by atoms with Gasteiger partial charge in [0.1, 0.15) is 5.82 Å². The zero-order chi connectivity index (χ0) is 13.0. The zero-order valence-corrected chi connectivity index (χ0v) is 10.7. The number of nitrogens with one attached hydrogen (secondary N) is 1. The molecule has 2 heterocycles.